The van der Waals surface area contributed by atoms with Crippen LogP contribution in [0.25, 0.3) is 0 Å². The lowest BCUT2D eigenvalue weighted by Crippen LogP contribution is -2.45. The molecule has 0 fully saturated rings. The number of amides is 1. The summed E-state index contributed by atoms with van der Waals surface area (Å²) in [6, 6.07) is 0. The Balaban J connectivity index is 0. The summed E-state index contributed by atoms with van der Waals surface area (Å²) in [5.74, 6) is -3.59. The molecule has 0 aliphatic carbocycles. The van der Waals surface area contributed by atoms with Crippen molar-refractivity contribution in [3.8, 4) is 0 Å². The van der Waals surface area contributed by atoms with Gasteiger partial charge < -0.3 is 29.1 Å². The van der Waals surface area contributed by atoms with E-state index in [2.05, 4.69) is 23.2 Å². The molecule has 43 heavy (non-hydrogen) atoms. The van der Waals surface area contributed by atoms with Crippen molar-refractivity contribution in [1.82, 2.24) is 5.32 Å². The molecule has 11 heteroatoms. The largest absolute Gasteiger partial charge is 0.468 e. The van der Waals surface area contributed by atoms with Crippen LogP contribution in [0.2, 0.25) is 0 Å². The third-order valence-electron chi connectivity index (χ3n) is 5.47. The molecule has 1 N–H and O–H groups in total. The number of nitrogens with one attached hydrogen (secondary N) is 1. The van der Waals surface area contributed by atoms with Crippen molar-refractivity contribution in [3.63, 3.8) is 0 Å². The van der Waals surface area contributed by atoms with Gasteiger partial charge in [-0.3, -0.25) is 24.0 Å². The van der Waals surface area contributed by atoms with Gasteiger partial charge in [-0.15, -0.1) is 13.2 Å². The highest BCUT2D eigenvalue weighted by Gasteiger charge is 2.34. The third kappa shape index (κ3) is 24.8. The van der Waals surface area contributed by atoms with E-state index in [-0.39, 0.29) is 31.3 Å². The smallest absolute Gasteiger partial charge is 0.325 e. The van der Waals surface area contributed by atoms with Crippen molar-refractivity contribution in [2.75, 3.05) is 13.7 Å². The molecule has 0 spiro atoms. The first-order chi connectivity index (χ1) is 19.9. The van der Waals surface area contributed by atoms with Gasteiger partial charge in [0.2, 0.25) is 0 Å². The normalized spacial score (nSPS) is 13.0. The van der Waals surface area contributed by atoms with Crippen LogP contribution in [0.1, 0.15) is 99.8 Å². The Morgan fingerprint density at radius 2 is 1.28 bits per heavy atom. The van der Waals surface area contributed by atoms with Gasteiger partial charge in [0.1, 0.15) is 24.0 Å². The van der Waals surface area contributed by atoms with Crippen molar-refractivity contribution in [2.45, 2.75) is 117 Å². The minimum Gasteiger partial charge on any atom is -0.468 e. The van der Waals surface area contributed by atoms with Crippen LogP contribution in [-0.4, -0.2) is 67.0 Å². The summed E-state index contributed by atoms with van der Waals surface area (Å²) in [7, 11) is 1.19. The molecule has 246 valence electrons. The summed E-state index contributed by atoms with van der Waals surface area (Å²) in [4.78, 5) is 69.7. The number of carbonyl (C=O) groups is 6. The Kier molecular flexibility index (Phi) is 21.4. The van der Waals surface area contributed by atoms with Gasteiger partial charge in [0.05, 0.1) is 20.0 Å². The van der Waals surface area contributed by atoms with Gasteiger partial charge in [-0.05, 0) is 80.1 Å². The molecular weight excluding hydrogens is 558 g/mol. The number of aldehydes is 1. The summed E-state index contributed by atoms with van der Waals surface area (Å²) in [6.45, 7) is 18.7. The molecule has 3 atom stereocenters. The maximum absolute atomic E-state index is 12.5. The topological polar surface area (TPSA) is 151 Å². The fourth-order valence-corrected chi connectivity index (χ4v) is 3.70. The van der Waals surface area contributed by atoms with E-state index in [1.807, 2.05) is 26.8 Å². The average Bonchev–Trinajstić information content (AvgIpc) is 2.87. The minimum absolute atomic E-state index is 0.0992. The number of methoxy groups -OCH3 is 1. The Morgan fingerprint density at radius 3 is 1.70 bits per heavy atom. The van der Waals surface area contributed by atoms with Crippen LogP contribution in [0.4, 0.5) is 0 Å². The van der Waals surface area contributed by atoms with Gasteiger partial charge in [-0.1, -0.05) is 12.2 Å². The van der Waals surface area contributed by atoms with E-state index in [0.29, 0.717) is 19.3 Å². The quantitative estimate of drug-likeness (QED) is 0.0752. The van der Waals surface area contributed by atoms with Crippen LogP contribution >= 0.6 is 0 Å². The van der Waals surface area contributed by atoms with Crippen molar-refractivity contribution in [2.24, 2.45) is 11.8 Å². The second-order valence-electron chi connectivity index (χ2n) is 12.0. The van der Waals surface area contributed by atoms with Crippen LogP contribution in [0.5, 0.6) is 0 Å². The van der Waals surface area contributed by atoms with Gasteiger partial charge in [-0.2, -0.15) is 0 Å². The van der Waals surface area contributed by atoms with Gasteiger partial charge in [0.25, 0.3) is 5.91 Å². The monoisotopic (exact) mass is 611 g/mol. The molecule has 0 aromatic heterocycles. The zero-order valence-corrected chi connectivity index (χ0v) is 27.3. The van der Waals surface area contributed by atoms with Crippen molar-refractivity contribution in [3.05, 3.63) is 25.3 Å². The molecule has 1 amide bonds. The fourth-order valence-electron chi connectivity index (χ4n) is 3.70. The summed E-state index contributed by atoms with van der Waals surface area (Å²) < 4.78 is 20.1. The Hall–Kier alpha value is -3.50. The molecule has 0 aromatic rings. The molecular formula is C32H53NO10. The summed E-state index contributed by atoms with van der Waals surface area (Å²) in [6.07, 6.45) is 7.49. The summed E-state index contributed by atoms with van der Waals surface area (Å²) in [5, 5.41) is 2.37. The molecule has 0 radical (unpaired) electrons. The number of rotatable bonds is 18. The third-order valence-corrected chi connectivity index (χ3v) is 5.47. The molecule has 0 aliphatic heterocycles. The standard InChI is InChI=1S/C19H31NO7.C13H22O3/c1-7-8-9-10-14(11-15(22)27-19(3,4)5)17(26-13(2)21)18(24)20-12-16(23)25-6;1-5-6-7-8-11(10-14)9-12(15)16-13(2,3)4/h7,14,17H,1,8-12H2,2-6H3,(H,20,24);5,10-11H,1,6-9H2,2-4H3/t14-,17?;11-/m11/s1. The first kappa shape index (κ1) is 41.6. The highest BCUT2D eigenvalue weighted by Crippen LogP contribution is 2.23. The molecule has 11 nitrogen and oxygen atoms in total. The van der Waals surface area contributed by atoms with E-state index in [1.54, 1.807) is 26.8 Å². The number of ether oxygens (including phenoxy) is 4. The predicted molar refractivity (Wildman–Crippen MR) is 163 cm³/mol. The molecule has 0 saturated carbocycles. The number of hydrogen-bond donors (Lipinski definition) is 1. The van der Waals surface area contributed by atoms with Crippen LogP contribution in [0.3, 0.4) is 0 Å². The van der Waals surface area contributed by atoms with Gasteiger partial charge in [0, 0.05) is 18.8 Å². The number of unbranched alkanes of at least 4 members (excludes halogenated alkanes) is 2. The minimum atomic E-state index is -1.22. The second-order valence-corrected chi connectivity index (χ2v) is 12.0. The Labute approximate surface area is 257 Å². The molecule has 0 bridgehead atoms. The van der Waals surface area contributed by atoms with Gasteiger partial charge in [0.15, 0.2) is 6.10 Å². The molecule has 0 heterocycles. The predicted octanol–water partition coefficient (Wildman–Crippen LogP) is 4.80. The highest BCUT2D eigenvalue weighted by atomic mass is 16.6. The Morgan fingerprint density at radius 1 is 0.791 bits per heavy atom. The molecule has 0 saturated heterocycles. The van der Waals surface area contributed by atoms with Crippen LogP contribution < -0.4 is 5.32 Å². The van der Waals surface area contributed by atoms with E-state index in [9.17, 15) is 28.8 Å². The molecule has 0 rings (SSSR count). The Bertz CT molecular complexity index is 914. The van der Waals surface area contributed by atoms with Crippen molar-refractivity contribution < 1.29 is 47.7 Å². The lowest BCUT2D eigenvalue weighted by molar-refractivity contribution is -0.164. The number of esters is 4. The van der Waals surface area contributed by atoms with Crippen LogP contribution in [-0.2, 0) is 47.7 Å². The van der Waals surface area contributed by atoms with E-state index in [4.69, 9.17) is 14.2 Å². The lowest BCUT2D eigenvalue weighted by Gasteiger charge is -2.27. The molecule has 1 unspecified atom stereocenters. The van der Waals surface area contributed by atoms with E-state index in [0.717, 1.165) is 25.5 Å². The van der Waals surface area contributed by atoms with Crippen LogP contribution in [0, 0.1) is 11.8 Å². The summed E-state index contributed by atoms with van der Waals surface area (Å²) in [5.41, 5.74) is -1.15. The first-order valence-corrected chi connectivity index (χ1v) is 14.5. The van der Waals surface area contributed by atoms with Crippen molar-refractivity contribution >= 4 is 36.1 Å². The van der Waals surface area contributed by atoms with E-state index >= 15 is 0 Å². The maximum atomic E-state index is 12.5. The average molecular weight is 612 g/mol. The van der Waals surface area contributed by atoms with Gasteiger partial charge in [-0.25, -0.2) is 0 Å². The zero-order chi connectivity index (χ0) is 33.6. The van der Waals surface area contributed by atoms with Gasteiger partial charge >= 0.3 is 23.9 Å². The number of hydrogen-bond acceptors (Lipinski definition) is 10. The van der Waals surface area contributed by atoms with Crippen LogP contribution in [0.15, 0.2) is 25.3 Å². The maximum Gasteiger partial charge on any atom is 0.325 e. The number of allylic oxidation sites excluding steroid dienone is 2. The lowest BCUT2D eigenvalue weighted by atomic mass is 9.91. The van der Waals surface area contributed by atoms with E-state index in [1.165, 1.54) is 14.0 Å². The van der Waals surface area contributed by atoms with E-state index < -0.39 is 47.0 Å². The summed E-state index contributed by atoms with van der Waals surface area (Å²) >= 11 is 0. The highest BCUT2D eigenvalue weighted by molar-refractivity contribution is 5.87. The fraction of sp³-hybridized carbons (Fsp3) is 0.688. The molecule has 0 aliphatic rings. The first-order valence-electron chi connectivity index (χ1n) is 14.5. The zero-order valence-electron chi connectivity index (χ0n) is 27.3. The second kappa shape index (κ2) is 22.1. The number of carbonyl (C=O) groups excluding carboxylic acids is 6. The SMILES string of the molecule is C=CCCC[C@@H](C=O)CC(=O)OC(C)(C)C.C=CCCC[C@H](CC(=O)OC(C)(C)C)C(OC(C)=O)C(=O)NCC(=O)OC. The van der Waals surface area contributed by atoms with Crippen molar-refractivity contribution in [1.29, 1.82) is 0 Å². The molecule has 0 aromatic carbocycles.